The number of ether oxygens (including phenoxy) is 1. The predicted octanol–water partition coefficient (Wildman–Crippen LogP) is 4.36. The molecule has 1 aliphatic rings. The van der Waals surface area contributed by atoms with Crippen molar-refractivity contribution in [1.82, 2.24) is 5.32 Å². The van der Waals surface area contributed by atoms with Crippen LogP contribution in [-0.4, -0.2) is 36.6 Å². The van der Waals surface area contributed by atoms with Gasteiger partial charge in [0.15, 0.2) is 6.61 Å². The lowest BCUT2D eigenvalue weighted by Gasteiger charge is -2.09. The van der Waals surface area contributed by atoms with Crippen LogP contribution in [0, 0.1) is 0 Å². The van der Waals surface area contributed by atoms with E-state index >= 15 is 0 Å². The number of thioether (sulfide) groups is 1. The number of hydrogen-bond acceptors (Lipinski definition) is 5. The van der Waals surface area contributed by atoms with Crippen LogP contribution in [0.2, 0.25) is 5.02 Å². The zero-order valence-corrected chi connectivity index (χ0v) is 16.4. The van der Waals surface area contributed by atoms with Crippen LogP contribution < -0.4 is 10.1 Å². The van der Waals surface area contributed by atoms with Crippen LogP contribution in [0.25, 0.3) is 0 Å². The molecule has 4 nitrogen and oxygen atoms in total. The fraction of sp³-hybridized carbons (Fsp3) is 0.350. The molecule has 1 unspecified atom stereocenters. The van der Waals surface area contributed by atoms with Crippen molar-refractivity contribution in [3.8, 4) is 5.75 Å². The zero-order valence-electron chi connectivity index (χ0n) is 14.8. The maximum atomic E-state index is 5.88. The van der Waals surface area contributed by atoms with Crippen LogP contribution in [-0.2, 0) is 11.3 Å². The lowest BCUT2D eigenvalue weighted by Crippen LogP contribution is -2.14. The van der Waals surface area contributed by atoms with Crippen molar-refractivity contribution >= 4 is 29.1 Å². The average molecular weight is 391 g/mol. The number of hydrogen-bond donors (Lipinski definition) is 1. The van der Waals surface area contributed by atoms with Gasteiger partial charge >= 0.3 is 0 Å². The molecule has 3 rings (SSSR count). The van der Waals surface area contributed by atoms with Gasteiger partial charge in [-0.3, -0.25) is 0 Å². The zero-order chi connectivity index (χ0) is 18.2. The summed E-state index contributed by atoms with van der Waals surface area (Å²) in [7, 11) is 0. The average Bonchev–Trinajstić information content (AvgIpc) is 3.16. The van der Waals surface area contributed by atoms with Crippen LogP contribution in [0.4, 0.5) is 0 Å². The van der Waals surface area contributed by atoms with Gasteiger partial charge in [0, 0.05) is 22.7 Å². The number of oxime groups is 1. The summed E-state index contributed by atoms with van der Waals surface area (Å²) in [5.41, 5.74) is 3.14. The fourth-order valence-electron chi connectivity index (χ4n) is 2.65. The van der Waals surface area contributed by atoms with Gasteiger partial charge in [0.05, 0.1) is 5.71 Å². The fourth-order valence-corrected chi connectivity index (χ4v) is 3.80. The van der Waals surface area contributed by atoms with E-state index in [0.29, 0.717) is 23.5 Å². The van der Waals surface area contributed by atoms with E-state index in [1.165, 1.54) is 5.56 Å². The second-order valence-corrected chi connectivity index (χ2v) is 7.83. The Hall–Kier alpha value is -1.69. The van der Waals surface area contributed by atoms with Gasteiger partial charge in [-0.05, 0) is 48.7 Å². The number of benzene rings is 2. The topological polar surface area (TPSA) is 42.9 Å². The molecule has 1 fully saturated rings. The highest BCUT2D eigenvalue weighted by atomic mass is 35.5. The molecule has 1 aliphatic heterocycles. The summed E-state index contributed by atoms with van der Waals surface area (Å²) in [5.74, 6) is 1.92. The standard InChI is InChI=1S/C20H23ClN2O2S/c1-15(17-4-6-18(21)7-5-17)23-25-11-10-24-19-8-2-16(3-9-19)12-20-13-22-14-26-20/h2-9,20,22H,10-14H2,1H3. The summed E-state index contributed by atoms with van der Waals surface area (Å²) in [6.45, 7) is 3.85. The lowest BCUT2D eigenvalue weighted by molar-refractivity contribution is 0.107. The monoisotopic (exact) mass is 390 g/mol. The van der Waals surface area contributed by atoms with Gasteiger partial charge in [-0.1, -0.05) is 41.0 Å². The number of nitrogens with zero attached hydrogens (tertiary/aromatic N) is 1. The molecule has 2 aromatic carbocycles. The summed E-state index contributed by atoms with van der Waals surface area (Å²) in [5, 5.41) is 8.87. The number of nitrogens with one attached hydrogen (secondary N) is 1. The van der Waals surface area contributed by atoms with Gasteiger partial charge in [0.25, 0.3) is 0 Å². The van der Waals surface area contributed by atoms with Crippen LogP contribution in [0.5, 0.6) is 5.75 Å². The Morgan fingerprint density at radius 3 is 2.62 bits per heavy atom. The molecule has 0 amide bonds. The van der Waals surface area contributed by atoms with Gasteiger partial charge in [0.2, 0.25) is 0 Å². The van der Waals surface area contributed by atoms with Crippen LogP contribution in [0.1, 0.15) is 18.1 Å². The smallest absolute Gasteiger partial charge is 0.151 e. The van der Waals surface area contributed by atoms with Crippen LogP contribution in [0.3, 0.4) is 0 Å². The van der Waals surface area contributed by atoms with Crippen molar-refractivity contribution in [2.24, 2.45) is 5.16 Å². The number of halogens is 1. The first kappa shape index (κ1) is 19.1. The molecule has 26 heavy (non-hydrogen) atoms. The Balaban J connectivity index is 1.37. The summed E-state index contributed by atoms with van der Waals surface area (Å²) in [6, 6.07) is 15.8. The van der Waals surface area contributed by atoms with E-state index in [2.05, 4.69) is 22.6 Å². The van der Waals surface area contributed by atoms with Crippen molar-refractivity contribution in [3.63, 3.8) is 0 Å². The Bertz CT molecular complexity index is 714. The number of rotatable bonds is 8. The summed E-state index contributed by atoms with van der Waals surface area (Å²) in [6.07, 6.45) is 1.10. The minimum Gasteiger partial charge on any atom is -0.490 e. The molecule has 1 heterocycles. The van der Waals surface area contributed by atoms with Crippen molar-refractivity contribution in [1.29, 1.82) is 0 Å². The highest BCUT2D eigenvalue weighted by Crippen LogP contribution is 2.21. The molecule has 0 aromatic heterocycles. The van der Waals surface area contributed by atoms with E-state index in [9.17, 15) is 0 Å². The maximum Gasteiger partial charge on any atom is 0.151 e. The van der Waals surface area contributed by atoms with Gasteiger partial charge in [0.1, 0.15) is 12.4 Å². The molecule has 0 bridgehead atoms. The first-order valence-corrected chi connectivity index (χ1v) is 10.1. The van der Waals surface area contributed by atoms with Gasteiger partial charge in [-0.2, -0.15) is 0 Å². The highest BCUT2D eigenvalue weighted by molar-refractivity contribution is 8.00. The molecule has 2 aromatic rings. The van der Waals surface area contributed by atoms with Crippen molar-refractivity contribution in [2.45, 2.75) is 18.6 Å². The van der Waals surface area contributed by atoms with E-state index in [4.69, 9.17) is 21.2 Å². The molecule has 6 heteroatoms. The molecular formula is C20H23ClN2O2S. The second kappa shape index (κ2) is 9.86. The molecule has 0 spiro atoms. The molecule has 1 atom stereocenters. The van der Waals surface area contributed by atoms with E-state index < -0.39 is 0 Å². The molecule has 0 saturated carbocycles. The second-order valence-electron chi connectivity index (χ2n) is 6.10. The molecule has 0 radical (unpaired) electrons. The Morgan fingerprint density at radius 1 is 1.15 bits per heavy atom. The maximum absolute atomic E-state index is 5.88. The third-order valence-electron chi connectivity index (χ3n) is 4.09. The van der Waals surface area contributed by atoms with Crippen LogP contribution in [0.15, 0.2) is 53.7 Å². The van der Waals surface area contributed by atoms with Crippen molar-refractivity contribution < 1.29 is 9.57 Å². The Kier molecular flexibility index (Phi) is 7.23. The van der Waals surface area contributed by atoms with Gasteiger partial charge < -0.3 is 14.9 Å². The first-order chi connectivity index (χ1) is 12.7. The largest absolute Gasteiger partial charge is 0.490 e. The van der Waals surface area contributed by atoms with Crippen LogP contribution >= 0.6 is 23.4 Å². The highest BCUT2D eigenvalue weighted by Gasteiger charge is 2.15. The molecule has 0 aliphatic carbocycles. The predicted molar refractivity (Wildman–Crippen MR) is 110 cm³/mol. The molecule has 138 valence electrons. The van der Waals surface area contributed by atoms with Crippen molar-refractivity contribution in [3.05, 3.63) is 64.7 Å². The Labute approximate surface area is 163 Å². The van der Waals surface area contributed by atoms with Gasteiger partial charge in [-0.25, -0.2) is 0 Å². The van der Waals surface area contributed by atoms with Crippen molar-refractivity contribution in [2.75, 3.05) is 25.6 Å². The minimum atomic E-state index is 0.400. The van der Waals surface area contributed by atoms with E-state index in [1.807, 2.05) is 55.1 Å². The van der Waals surface area contributed by atoms with E-state index in [0.717, 1.165) is 35.9 Å². The Morgan fingerprint density at radius 2 is 1.92 bits per heavy atom. The SMILES string of the molecule is CC(=NOCCOc1ccc(CC2CNCS2)cc1)c1ccc(Cl)cc1. The van der Waals surface area contributed by atoms with Gasteiger partial charge in [-0.15, -0.1) is 11.8 Å². The normalized spacial score (nSPS) is 17.3. The quantitative estimate of drug-likeness (QED) is 0.413. The summed E-state index contributed by atoms with van der Waals surface area (Å²) in [4.78, 5) is 5.33. The third-order valence-corrected chi connectivity index (χ3v) is 5.51. The third kappa shape index (κ3) is 5.94. The summed E-state index contributed by atoms with van der Waals surface area (Å²) < 4.78 is 5.70. The molecular weight excluding hydrogens is 368 g/mol. The summed E-state index contributed by atoms with van der Waals surface area (Å²) >= 11 is 7.86. The first-order valence-electron chi connectivity index (χ1n) is 8.67. The molecule has 1 saturated heterocycles. The minimum absolute atomic E-state index is 0.400. The van der Waals surface area contributed by atoms with E-state index in [1.54, 1.807) is 0 Å². The lowest BCUT2D eigenvalue weighted by atomic mass is 10.1. The molecule has 1 N–H and O–H groups in total. The van der Waals surface area contributed by atoms with E-state index in [-0.39, 0.29) is 0 Å².